The lowest BCUT2D eigenvalue weighted by atomic mass is 9.91. The van der Waals surface area contributed by atoms with Gasteiger partial charge in [0.1, 0.15) is 17.0 Å². The fraction of sp³-hybridized carbons (Fsp3) is 0.875. The van der Waals surface area contributed by atoms with Crippen LogP contribution in [0.2, 0.25) is 0 Å². The zero-order chi connectivity index (χ0) is 25.9. The second-order valence-electron chi connectivity index (χ2n) is 11.4. The molecule has 0 aliphatic carbocycles. The number of aromatic nitrogens is 3. The topological polar surface area (TPSA) is 66.0 Å². The van der Waals surface area contributed by atoms with Gasteiger partial charge in [-0.3, -0.25) is 0 Å². The molecule has 192 valence electrons. The first-order valence-electron chi connectivity index (χ1n) is 11.8. The van der Waals surface area contributed by atoms with Crippen LogP contribution in [0.15, 0.2) is 14.4 Å². The van der Waals surface area contributed by atoms with E-state index in [9.17, 15) is 18.8 Å². The summed E-state index contributed by atoms with van der Waals surface area (Å²) in [4.78, 5) is 39.3. The normalized spacial score (nSPS) is 17.9. The van der Waals surface area contributed by atoms with E-state index in [4.69, 9.17) is 0 Å². The van der Waals surface area contributed by atoms with Gasteiger partial charge in [-0.2, -0.15) is 0 Å². The first kappa shape index (κ1) is 29.2. The van der Waals surface area contributed by atoms with Gasteiger partial charge in [0.05, 0.1) is 13.1 Å². The van der Waals surface area contributed by atoms with Crippen molar-refractivity contribution in [1.82, 2.24) is 13.7 Å². The van der Waals surface area contributed by atoms with E-state index in [0.717, 1.165) is 4.57 Å². The van der Waals surface area contributed by atoms with Crippen LogP contribution in [0.4, 0.5) is 13.2 Å². The molecular weight excluding hydrogens is 435 g/mol. The lowest BCUT2D eigenvalue weighted by Gasteiger charge is -2.27. The molecule has 0 aliphatic heterocycles. The Kier molecular flexibility index (Phi) is 9.42. The molecule has 3 unspecified atom stereocenters. The summed E-state index contributed by atoms with van der Waals surface area (Å²) in [7, 11) is 0. The Morgan fingerprint density at radius 3 is 1.30 bits per heavy atom. The van der Waals surface area contributed by atoms with Crippen molar-refractivity contribution in [2.45, 2.75) is 118 Å². The molecule has 0 fully saturated rings. The minimum atomic E-state index is -1.90. The van der Waals surface area contributed by atoms with Crippen LogP contribution >= 0.6 is 0 Å². The summed E-state index contributed by atoms with van der Waals surface area (Å²) in [6.45, 7) is 13.1. The summed E-state index contributed by atoms with van der Waals surface area (Å²) in [6, 6.07) is 0. The van der Waals surface area contributed by atoms with Gasteiger partial charge in [0.15, 0.2) is 0 Å². The molecular formula is C24H42F3N3O3. The van der Waals surface area contributed by atoms with E-state index in [1.54, 1.807) is 13.8 Å². The molecule has 1 aromatic rings. The molecule has 9 heteroatoms. The van der Waals surface area contributed by atoms with E-state index < -0.39 is 47.2 Å². The third kappa shape index (κ3) is 8.18. The molecule has 1 aromatic heterocycles. The largest absolute Gasteiger partial charge is 0.336 e. The Balaban J connectivity index is 3.66. The number of halogens is 3. The Morgan fingerprint density at radius 1 is 0.667 bits per heavy atom. The first-order chi connectivity index (χ1) is 14.8. The summed E-state index contributed by atoms with van der Waals surface area (Å²) < 4.78 is 47.3. The van der Waals surface area contributed by atoms with Gasteiger partial charge >= 0.3 is 17.1 Å². The average molecular weight is 478 g/mol. The number of rotatable bonds is 12. The van der Waals surface area contributed by atoms with Crippen molar-refractivity contribution < 1.29 is 13.2 Å². The van der Waals surface area contributed by atoms with Gasteiger partial charge in [0, 0.05) is 6.54 Å². The minimum absolute atomic E-state index is 0.0395. The third-order valence-electron chi connectivity index (χ3n) is 6.06. The van der Waals surface area contributed by atoms with Gasteiger partial charge in [0.25, 0.3) is 0 Å². The fourth-order valence-electron chi connectivity index (χ4n) is 4.25. The van der Waals surface area contributed by atoms with Crippen LogP contribution in [0.3, 0.4) is 0 Å². The van der Waals surface area contributed by atoms with Gasteiger partial charge in [-0.15, -0.1) is 0 Å². The molecule has 0 aromatic carbocycles. The predicted octanol–water partition coefficient (Wildman–Crippen LogP) is 4.49. The zero-order valence-corrected chi connectivity index (χ0v) is 21.7. The molecule has 0 radical (unpaired) electrons. The molecule has 0 aliphatic rings. The van der Waals surface area contributed by atoms with E-state index in [1.165, 1.54) is 20.8 Å². The van der Waals surface area contributed by atoms with Crippen LogP contribution in [-0.2, 0) is 19.6 Å². The maximum absolute atomic E-state index is 15.2. The van der Waals surface area contributed by atoms with Crippen molar-refractivity contribution in [3.8, 4) is 0 Å². The highest BCUT2D eigenvalue weighted by molar-refractivity contribution is 4.88. The second kappa shape index (κ2) is 10.6. The quantitative estimate of drug-likeness (QED) is 0.445. The number of hydrogen-bond donors (Lipinski definition) is 0. The Labute approximate surface area is 194 Å². The molecule has 0 bridgehead atoms. The van der Waals surface area contributed by atoms with E-state index in [0.29, 0.717) is 9.13 Å². The van der Waals surface area contributed by atoms with E-state index >= 15 is 8.78 Å². The molecule has 0 saturated heterocycles. The van der Waals surface area contributed by atoms with Gasteiger partial charge in [-0.1, -0.05) is 41.5 Å². The molecule has 33 heavy (non-hydrogen) atoms. The maximum atomic E-state index is 15.2. The number of hydrogen-bond acceptors (Lipinski definition) is 3. The van der Waals surface area contributed by atoms with Crippen LogP contribution in [-0.4, -0.2) is 30.7 Å². The van der Waals surface area contributed by atoms with Crippen LogP contribution in [0.1, 0.15) is 81.6 Å². The van der Waals surface area contributed by atoms with E-state index in [2.05, 4.69) is 0 Å². The molecule has 3 atom stereocenters. The van der Waals surface area contributed by atoms with E-state index in [1.807, 2.05) is 27.7 Å². The highest BCUT2D eigenvalue weighted by Crippen LogP contribution is 2.26. The van der Waals surface area contributed by atoms with Gasteiger partial charge in [0.2, 0.25) is 0 Å². The monoisotopic (exact) mass is 477 g/mol. The first-order valence-corrected chi connectivity index (χ1v) is 11.8. The molecule has 6 nitrogen and oxygen atoms in total. The van der Waals surface area contributed by atoms with Gasteiger partial charge in [-0.25, -0.2) is 41.3 Å². The lowest BCUT2D eigenvalue weighted by Crippen LogP contribution is -2.58. The van der Waals surface area contributed by atoms with Crippen molar-refractivity contribution in [2.24, 2.45) is 17.8 Å². The highest BCUT2D eigenvalue weighted by Gasteiger charge is 2.33. The fourth-order valence-corrected chi connectivity index (χ4v) is 4.25. The Bertz CT molecular complexity index is 908. The van der Waals surface area contributed by atoms with Gasteiger partial charge < -0.3 is 0 Å². The van der Waals surface area contributed by atoms with Crippen LogP contribution in [0.5, 0.6) is 0 Å². The summed E-state index contributed by atoms with van der Waals surface area (Å²) in [5.74, 6) is -0.453. The summed E-state index contributed by atoms with van der Waals surface area (Å²) in [6.07, 6.45) is 0.0138. The van der Waals surface area contributed by atoms with Gasteiger partial charge in [-0.05, 0) is 57.8 Å². The summed E-state index contributed by atoms with van der Waals surface area (Å²) in [5, 5.41) is 0. The minimum Gasteiger partial charge on any atom is -0.247 e. The standard InChI is InChI=1S/C24H42F3N3O3/c1-16(2)12-22(7,25)14-29-19(31)28(11-10-24(9,27)18(5)6)20(32)30(21(29)33)15-23(8,26)13-17(3)4/h16-18H,10-15H2,1-9H3. The highest BCUT2D eigenvalue weighted by atomic mass is 19.2. The lowest BCUT2D eigenvalue weighted by molar-refractivity contribution is 0.0979. The zero-order valence-electron chi connectivity index (χ0n) is 21.7. The predicted molar refractivity (Wildman–Crippen MR) is 126 cm³/mol. The average Bonchev–Trinajstić information content (AvgIpc) is 2.60. The smallest absolute Gasteiger partial charge is 0.247 e. The number of nitrogens with zero attached hydrogens (tertiary/aromatic N) is 3. The molecule has 1 rings (SSSR count). The number of alkyl halides is 3. The molecule has 0 N–H and O–H groups in total. The van der Waals surface area contributed by atoms with Crippen molar-refractivity contribution in [3.05, 3.63) is 31.5 Å². The van der Waals surface area contributed by atoms with Crippen molar-refractivity contribution in [1.29, 1.82) is 0 Å². The van der Waals surface area contributed by atoms with Crippen LogP contribution in [0.25, 0.3) is 0 Å². The third-order valence-corrected chi connectivity index (χ3v) is 6.06. The Morgan fingerprint density at radius 2 is 1.00 bits per heavy atom. The van der Waals surface area contributed by atoms with Crippen LogP contribution < -0.4 is 17.1 Å². The second-order valence-corrected chi connectivity index (χ2v) is 11.4. The molecule has 0 saturated carbocycles. The summed E-state index contributed by atoms with van der Waals surface area (Å²) in [5.41, 5.74) is -8.53. The van der Waals surface area contributed by atoms with Crippen molar-refractivity contribution in [3.63, 3.8) is 0 Å². The Hall–Kier alpha value is -1.80. The SMILES string of the molecule is CC(C)CC(C)(F)Cn1c(=O)n(CCC(C)(F)C(C)C)c(=O)n(CC(C)(F)CC(C)C)c1=O. The molecule has 0 amide bonds. The van der Waals surface area contributed by atoms with Crippen molar-refractivity contribution in [2.75, 3.05) is 0 Å². The van der Waals surface area contributed by atoms with Crippen LogP contribution in [0, 0.1) is 17.8 Å². The van der Waals surface area contributed by atoms with E-state index in [-0.39, 0.29) is 43.6 Å². The molecule has 1 heterocycles. The molecule has 0 spiro atoms. The van der Waals surface area contributed by atoms with Crippen molar-refractivity contribution >= 4 is 0 Å². The maximum Gasteiger partial charge on any atom is 0.336 e. The summed E-state index contributed by atoms with van der Waals surface area (Å²) >= 11 is 0.